The van der Waals surface area contributed by atoms with Gasteiger partial charge in [0.1, 0.15) is 0 Å². The molecule has 0 spiro atoms. The Morgan fingerprint density at radius 1 is 0.515 bits per heavy atom. The van der Waals surface area contributed by atoms with Gasteiger partial charge in [0.15, 0.2) is 0 Å². The van der Waals surface area contributed by atoms with Crippen molar-refractivity contribution in [1.29, 1.82) is 0 Å². The zero-order valence-electron chi connectivity index (χ0n) is 21.5. The van der Waals surface area contributed by atoms with Gasteiger partial charge < -0.3 is 18.6 Å². The Balaban J connectivity index is 1.86. The maximum atomic E-state index is 6.74. The second-order valence-corrected chi connectivity index (χ2v) is 11.7. The van der Waals surface area contributed by atoms with Crippen LogP contribution < -0.4 is 0 Å². The van der Waals surface area contributed by atoms with Crippen LogP contribution in [0.15, 0.2) is 60.7 Å². The van der Waals surface area contributed by atoms with Gasteiger partial charge in [-0.1, -0.05) is 60.7 Å². The van der Waals surface area contributed by atoms with Gasteiger partial charge in [-0.15, -0.1) is 0 Å². The van der Waals surface area contributed by atoms with Crippen LogP contribution in [-0.4, -0.2) is 36.6 Å². The van der Waals surface area contributed by atoms with E-state index in [1.165, 1.54) is 11.1 Å². The van der Waals surface area contributed by atoms with Crippen LogP contribution in [0.25, 0.3) is 0 Å². The first-order valence-electron chi connectivity index (χ1n) is 12.1. The zero-order valence-corrected chi connectivity index (χ0v) is 21.5. The highest BCUT2D eigenvalue weighted by Crippen LogP contribution is 2.54. The summed E-state index contributed by atoms with van der Waals surface area (Å²) in [7, 11) is -1.00. The maximum Gasteiger partial charge on any atom is 0.462 e. The highest BCUT2D eigenvalue weighted by Gasteiger charge is 2.69. The zero-order chi connectivity index (χ0) is 24.1. The summed E-state index contributed by atoms with van der Waals surface area (Å²) in [5, 5.41) is -0.598. The summed E-state index contributed by atoms with van der Waals surface area (Å²) in [6.07, 6.45) is 1.41. The number of hydrogen-bond acceptors (Lipinski definition) is 4. The second-order valence-electron chi connectivity index (χ2n) is 11.7. The van der Waals surface area contributed by atoms with Gasteiger partial charge in [-0.2, -0.15) is 0 Å². The molecule has 0 aliphatic carbocycles. The van der Waals surface area contributed by atoms with E-state index in [9.17, 15) is 0 Å². The molecule has 0 unspecified atom stereocenters. The van der Waals surface area contributed by atoms with Crippen LogP contribution in [0.3, 0.4) is 0 Å². The van der Waals surface area contributed by atoms with Crippen LogP contribution in [0.2, 0.25) is 5.21 Å². The van der Waals surface area contributed by atoms with Gasteiger partial charge in [-0.3, -0.25) is 0 Å². The third kappa shape index (κ3) is 4.43. The van der Waals surface area contributed by atoms with Crippen molar-refractivity contribution in [3.05, 3.63) is 71.8 Å². The van der Waals surface area contributed by atoms with Crippen molar-refractivity contribution in [2.24, 2.45) is 0 Å². The molecule has 0 bridgehead atoms. The van der Waals surface area contributed by atoms with E-state index in [0.29, 0.717) is 12.8 Å². The van der Waals surface area contributed by atoms with Crippen LogP contribution in [0.4, 0.5) is 0 Å². The number of benzene rings is 2. The van der Waals surface area contributed by atoms with E-state index in [1.54, 1.807) is 0 Å². The molecule has 0 radical (unpaired) electrons. The molecule has 0 saturated carbocycles. The third-order valence-corrected chi connectivity index (χ3v) is 8.20. The van der Waals surface area contributed by atoms with Crippen molar-refractivity contribution in [3.8, 4) is 0 Å². The lowest BCUT2D eigenvalue weighted by Crippen LogP contribution is -2.51. The summed E-state index contributed by atoms with van der Waals surface area (Å²) in [6.45, 7) is 16.8. The van der Waals surface area contributed by atoms with Gasteiger partial charge >= 0.3 is 14.2 Å². The van der Waals surface area contributed by atoms with E-state index in [-0.39, 0.29) is 0 Å². The number of rotatable bonds is 6. The lowest BCUT2D eigenvalue weighted by Gasteiger charge is -2.37. The summed E-state index contributed by atoms with van der Waals surface area (Å²) in [4.78, 5) is 0. The smallest absolute Gasteiger partial charge is 0.403 e. The minimum atomic E-state index is -0.598. The fourth-order valence-electron chi connectivity index (χ4n) is 4.61. The van der Waals surface area contributed by atoms with Crippen molar-refractivity contribution in [3.63, 3.8) is 0 Å². The monoisotopic (exact) mass is 448 g/mol. The molecular formula is C27H38B2O4. The Kier molecular flexibility index (Phi) is 6.14. The minimum Gasteiger partial charge on any atom is -0.403 e. The molecule has 176 valence electrons. The Morgan fingerprint density at radius 3 is 1.06 bits per heavy atom. The van der Waals surface area contributed by atoms with Crippen LogP contribution in [0, 0.1) is 0 Å². The highest BCUT2D eigenvalue weighted by molar-refractivity contribution is 6.71. The van der Waals surface area contributed by atoms with Crippen molar-refractivity contribution in [2.45, 2.75) is 95.8 Å². The average molecular weight is 448 g/mol. The lowest BCUT2D eigenvalue weighted by molar-refractivity contribution is 0.00578. The minimum absolute atomic E-state index is 0.458. The normalized spacial score (nSPS) is 23.2. The summed E-state index contributed by atoms with van der Waals surface area (Å²) < 4.78 is 27.0. The summed E-state index contributed by atoms with van der Waals surface area (Å²) in [6, 6.07) is 21.1. The standard InChI is InChI=1S/C27H38B2O4/c1-23(2)24(3,4)31-28(30-23)27(19-21-15-11-9-12-16-21,20-22-17-13-10-14-18-22)29-32-25(5,6)26(7,8)33-29/h9-18H,19-20H2,1-8H3. The Labute approximate surface area is 200 Å². The topological polar surface area (TPSA) is 36.9 Å². The second kappa shape index (κ2) is 8.27. The first kappa shape index (κ1) is 24.5. The SMILES string of the molecule is CC1(C)OB(C(Cc2ccccc2)(Cc2ccccc2)B2OC(C)(C)C(C)(C)O2)OC1(C)C. The molecule has 2 aromatic carbocycles. The molecule has 2 aliphatic heterocycles. The van der Waals surface area contributed by atoms with Crippen LogP contribution >= 0.6 is 0 Å². The molecule has 6 heteroatoms. The molecule has 2 heterocycles. The van der Waals surface area contributed by atoms with Crippen molar-refractivity contribution < 1.29 is 18.6 Å². The van der Waals surface area contributed by atoms with Crippen LogP contribution in [0.5, 0.6) is 0 Å². The first-order chi connectivity index (χ1) is 15.3. The average Bonchev–Trinajstić information content (AvgIpc) is 3.09. The van der Waals surface area contributed by atoms with E-state index in [1.807, 2.05) is 12.1 Å². The van der Waals surface area contributed by atoms with Gasteiger partial charge in [0.2, 0.25) is 0 Å². The lowest BCUT2D eigenvalue weighted by atomic mass is 9.35. The molecule has 2 fully saturated rings. The summed E-state index contributed by atoms with van der Waals surface area (Å²) in [5.41, 5.74) is 0.579. The fraction of sp³-hybridized carbons (Fsp3) is 0.556. The van der Waals surface area contributed by atoms with E-state index >= 15 is 0 Å². The number of hydrogen-bond donors (Lipinski definition) is 0. The van der Waals surface area contributed by atoms with E-state index in [0.717, 1.165) is 0 Å². The first-order valence-corrected chi connectivity index (χ1v) is 12.1. The van der Waals surface area contributed by atoms with Gasteiger partial charge in [-0.05, 0) is 79.4 Å². The Bertz CT molecular complexity index is 845. The highest BCUT2D eigenvalue weighted by atomic mass is 16.7. The predicted molar refractivity (Wildman–Crippen MR) is 135 cm³/mol. The van der Waals surface area contributed by atoms with Gasteiger partial charge in [0.05, 0.1) is 22.4 Å². The Morgan fingerprint density at radius 2 is 0.788 bits per heavy atom. The van der Waals surface area contributed by atoms with E-state index < -0.39 is 41.9 Å². The molecule has 33 heavy (non-hydrogen) atoms. The molecule has 0 N–H and O–H groups in total. The summed E-state index contributed by atoms with van der Waals surface area (Å²) in [5.74, 6) is 0. The molecule has 0 aromatic heterocycles. The molecule has 2 aromatic rings. The van der Waals surface area contributed by atoms with Crippen LogP contribution in [-0.2, 0) is 31.5 Å². The molecule has 0 amide bonds. The molecule has 4 nitrogen and oxygen atoms in total. The van der Waals surface area contributed by atoms with E-state index in [4.69, 9.17) is 18.6 Å². The predicted octanol–water partition coefficient (Wildman–Crippen LogP) is 5.94. The van der Waals surface area contributed by atoms with Gasteiger partial charge in [0, 0.05) is 5.21 Å². The van der Waals surface area contributed by atoms with Crippen molar-refractivity contribution >= 4 is 14.2 Å². The quantitative estimate of drug-likeness (QED) is 0.513. The van der Waals surface area contributed by atoms with Crippen LogP contribution in [0.1, 0.15) is 66.5 Å². The third-order valence-electron chi connectivity index (χ3n) is 8.20. The largest absolute Gasteiger partial charge is 0.462 e. The fourth-order valence-corrected chi connectivity index (χ4v) is 4.61. The maximum absolute atomic E-state index is 6.74. The summed E-state index contributed by atoms with van der Waals surface area (Å²) >= 11 is 0. The molecule has 2 aliphatic rings. The molecule has 0 atom stereocenters. The van der Waals surface area contributed by atoms with E-state index in [2.05, 4.69) is 104 Å². The molecular weight excluding hydrogens is 410 g/mol. The Hall–Kier alpha value is -1.59. The van der Waals surface area contributed by atoms with Gasteiger partial charge in [0.25, 0.3) is 0 Å². The molecule has 4 rings (SSSR count). The molecule has 2 saturated heterocycles. The van der Waals surface area contributed by atoms with Gasteiger partial charge in [-0.25, -0.2) is 0 Å². The van der Waals surface area contributed by atoms with Crippen molar-refractivity contribution in [1.82, 2.24) is 0 Å². The van der Waals surface area contributed by atoms with Crippen molar-refractivity contribution in [2.75, 3.05) is 0 Å².